The Morgan fingerprint density at radius 1 is 1.59 bits per heavy atom. The van der Waals surface area contributed by atoms with E-state index >= 15 is 0 Å². The van der Waals surface area contributed by atoms with Crippen LogP contribution in [0.4, 0.5) is 0 Å². The third-order valence-electron chi connectivity index (χ3n) is 3.06. The van der Waals surface area contributed by atoms with Gasteiger partial charge in [0.25, 0.3) is 0 Å². The highest BCUT2D eigenvalue weighted by Crippen LogP contribution is 2.27. The van der Waals surface area contributed by atoms with Crippen LogP contribution in [0.2, 0.25) is 4.34 Å². The molecule has 3 nitrogen and oxygen atoms in total. The van der Waals surface area contributed by atoms with Crippen molar-refractivity contribution < 1.29 is 8.42 Å². The average molecular weight is 294 g/mol. The molecule has 1 aromatic heterocycles. The smallest absolute Gasteiger partial charge is 0.150 e. The largest absolute Gasteiger partial charge is 0.309 e. The van der Waals surface area contributed by atoms with Crippen LogP contribution in [0, 0.1) is 5.92 Å². The minimum Gasteiger partial charge on any atom is -0.309 e. The average Bonchev–Trinajstić information content (AvgIpc) is 2.81. The summed E-state index contributed by atoms with van der Waals surface area (Å²) < 4.78 is 23.4. The van der Waals surface area contributed by atoms with Crippen LogP contribution in [0.15, 0.2) is 12.1 Å². The lowest BCUT2D eigenvalue weighted by Crippen LogP contribution is -2.25. The quantitative estimate of drug-likeness (QED) is 0.928. The lowest BCUT2D eigenvalue weighted by Gasteiger charge is -2.15. The molecule has 6 heteroatoms. The molecule has 1 aliphatic rings. The van der Waals surface area contributed by atoms with Gasteiger partial charge in [0.15, 0.2) is 9.84 Å². The molecule has 2 heterocycles. The van der Waals surface area contributed by atoms with E-state index in [1.807, 2.05) is 12.1 Å². The summed E-state index contributed by atoms with van der Waals surface area (Å²) in [4.78, 5) is 1.19. The molecule has 0 saturated carbocycles. The number of hydrogen-bond donors (Lipinski definition) is 1. The topological polar surface area (TPSA) is 46.2 Å². The Hall–Kier alpha value is -0.100. The van der Waals surface area contributed by atoms with E-state index in [0.717, 1.165) is 17.3 Å². The van der Waals surface area contributed by atoms with Gasteiger partial charge in [-0.3, -0.25) is 0 Å². The molecule has 0 bridgehead atoms. The molecule has 17 heavy (non-hydrogen) atoms. The van der Waals surface area contributed by atoms with Gasteiger partial charge >= 0.3 is 0 Å². The molecule has 1 N–H and O–H groups in total. The van der Waals surface area contributed by atoms with Crippen LogP contribution in [0.3, 0.4) is 0 Å². The molecule has 2 unspecified atom stereocenters. The maximum atomic E-state index is 11.3. The van der Waals surface area contributed by atoms with Crippen LogP contribution in [0.5, 0.6) is 0 Å². The van der Waals surface area contributed by atoms with E-state index in [-0.39, 0.29) is 12.0 Å². The maximum Gasteiger partial charge on any atom is 0.150 e. The van der Waals surface area contributed by atoms with Crippen LogP contribution in [0.25, 0.3) is 0 Å². The Kier molecular flexibility index (Phi) is 4.13. The number of sulfone groups is 1. The number of nitrogens with one attached hydrogen (secondary N) is 1. The highest BCUT2D eigenvalue weighted by molar-refractivity contribution is 7.91. The van der Waals surface area contributed by atoms with Crippen LogP contribution >= 0.6 is 22.9 Å². The van der Waals surface area contributed by atoms with E-state index in [1.54, 1.807) is 11.3 Å². The van der Waals surface area contributed by atoms with Crippen molar-refractivity contribution in [2.24, 2.45) is 5.92 Å². The highest BCUT2D eigenvalue weighted by atomic mass is 35.5. The van der Waals surface area contributed by atoms with Crippen molar-refractivity contribution in [3.8, 4) is 0 Å². The van der Waals surface area contributed by atoms with Crippen LogP contribution in [0.1, 0.15) is 24.3 Å². The predicted molar refractivity (Wildman–Crippen MR) is 72.5 cm³/mol. The van der Waals surface area contributed by atoms with Gasteiger partial charge in [0.1, 0.15) is 0 Å². The number of rotatable bonds is 4. The summed E-state index contributed by atoms with van der Waals surface area (Å²) in [6, 6.07) is 4.13. The van der Waals surface area contributed by atoms with Gasteiger partial charge in [-0.25, -0.2) is 8.42 Å². The van der Waals surface area contributed by atoms with Crippen molar-refractivity contribution >= 4 is 32.8 Å². The third kappa shape index (κ3) is 3.68. The summed E-state index contributed by atoms with van der Waals surface area (Å²) >= 11 is 7.44. The normalized spacial score (nSPS) is 24.9. The summed E-state index contributed by atoms with van der Waals surface area (Å²) in [5.74, 6) is 0.939. The number of halogens is 1. The van der Waals surface area contributed by atoms with Gasteiger partial charge in [-0.2, -0.15) is 0 Å². The Morgan fingerprint density at radius 2 is 2.35 bits per heavy atom. The second-order valence-electron chi connectivity index (χ2n) is 4.54. The van der Waals surface area contributed by atoms with Crippen molar-refractivity contribution in [1.82, 2.24) is 5.32 Å². The molecule has 1 aliphatic heterocycles. The van der Waals surface area contributed by atoms with Gasteiger partial charge in [-0.15, -0.1) is 11.3 Å². The predicted octanol–water partition coefficient (Wildman–Crippen LogP) is 2.49. The zero-order valence-corrected chi connectivity index (χ0v) is 12.0. The standard InChI is InChI=1S/C11H16ClNO2S2/c1-8(10-2-3-11(12)16-10)13-6-9-4-5-17(14,15)7-9/h2-3,8-9,13H,4-7H2,1H3. The molecule has 1 fully saturated rings. The lowest BCUT2D eigenvalue weighted by molar-refractivity contribution is 0.479. The van der Waals surface area contributed by atoms with Crippen molar-refractivity contribution in [1.29, 1.82) is 0 Å². The minimum atomic E-state index is -2.76. The molecule has 2 rings (SSSR count). The molecule has 0 spiro atoms. The molecule has 1 aromatic rings. The van der Waals surface area contributed by atoms with Gasteiger partial charge in [-0.1, -0.05) is 11.6 Å². The Bertz CT molecular complexity index is 483. The van der Waals surface area contributed by atoms with Crippen LogP contribution in [-0.4, -0.2) is 26.5 Å². The second kappa shape index (κ2) is 5.26. The first-order valence-corrected chi connectivity index (χ1v) is 8.67. The van der Waals surface area contributed by atoms with Gasteiger partial charge in [-0.05, 0) is 37.9 Å². The van der Waals surface area contributed by atoms with Crippen molar-refractivity contribution in [3.63, 3.8) is 0 Å². The molecule has 96 valence electrons. The monoisotopic (exact) mass is 293 g/mol. The van der Waals surface area contributed by atoms with Gasteiger partial charge in [0.05, 0.1) is 15.8 Å². The van der Waals surface area contributed by atoms with Crippen molar-refractivity contribution in [3.05, 3.63) is 21.3 Å². The fraction of sp³-hybridized carbons (Fsp3) is 0.636. The van der Waals surface area contributed by atoms with Crippen LogP contribution < -0.4 is 5.32 Å². The van der Waals surface area contributed by atoms with Crippen molar-refractivity contribution in [2.45, 2.75) is 19.4 Å². The molecule has 0 aliphatic carbocycles. The zero-order chi connectivity index (χ0) is 12.5. The molecule has 2 atom stereocenters. The zero-order valence-electron chi connectivity index (χ0n) is 9.65. The maximum absolute atomic E-state index is 11.3. The summed E-state index contributed by atoms with van der Waals surface area (Å²) in [7, 11) is -2.76. The van der Waals surface area contributed by atoms with Crippen molar-refractivity contribution in [2.75, 3.05) is 18.1 Å². The van der Waals surface area contributed by atoms with Gasteiger partial charge < -0.3 is 5.32 Å². The fourth-order valence-corrected chi connectivity index (χ4v) is 4.99. The van der Waals surface area contributed by atoms with E-state index in [1.165, 1.54) is 4.88 Å². The molecule has 0 amide bonds. The Morgan fingerprint density at radius 3 is 2.88 bits per heavy atom. The third-order valence-corrected chi connectivity index (χ3v) is 6.31. The SMILES string of the molecule is CC(NCC1CCS(=O)(=O)C1)c1ccc(Cl)s1. The summed E-state index contributed by atoms with van der Waals surface area (Å²) in [5.41, 5.74) is 0. The van der Waals surface area contributed by atoms with E-state index < -0.39 is 9.84 Å². The summed E-state index contributed by atoms with van der Waals surface area (Å²) in [6.07, 6.45) is 0.785. The lowest BCUT2D eigenvalue weighted by atomic mass is 10.1. The Balaban J connectivity index is 1.83. The number of hydrogen-bond acceptors (Lipinski definition) is 4. The molecule has 0 radical (unpaired) electrons. The summed E-state index contributed by atoms with van der Waals surface area (Å²) in [6.45, 7) is 2.83. The summed E-state index contributed by atoms with van der Waals surface area (Å²) in [5, 5.41) is 3.38. The Labute approximate surface area is 111 Å². The second-order valence-corrected chi connectivity index (χ2v) is 8.52. The minimum absolute atomic E-state index is 0.232. The van der Waals surface area contributed by atoms with E-state index in [0.29, 0.717) is 11.5 Å². The molecular formula is C11H16ClNO2S2. The highest BCUT2D eigenvalue weighted by Gasteiger charge is 2.27. The van der Waals surface area contributed by atoms with Gasteiger partial charge in [0, 0.05) is 10.9 Å². The molecule has 0 aromatic carbocycles. The first-order valence-electron chi connectivity index (χ1n) is 5.65. The first kappa shape index (κ1) is 13.3. The van der Waals surface area contributed by atoms with E-state index in [4.69, 9.17) is 11.6 Å². The van der Waals surface area contributed by atoms with Gasteiger partial charge in [0.2, 0.25) is 0 Å². The fourth-order valence-electron chi connectivity index (χ4n) is 2.04. The van der Waals surface area contributed by atoms with E-state index in [9.17, 15) is 8.42 Å². The van der Waals surface area contributed by atoms with E-state index in [2.05, 4.69) is 12.2 Å². The first-order chi connectivity index (χ1) is 7.96. The van der Waals surface area contributed by atoms with Crippen LogP contribution in [-0.2, 0) is 9.84 Å². The molecule has 1 saturated heterocycles. The molecular weight excluding hydrogens is 278 g/mol. The number of thiophene rings is 1.